The predicted octanol–water partition coefficient (Wildman–Crippen LogP) is 3.10. The van der Waals surface area contributed by atoms with Crippen LogP contribution in [-0.4, -0.2) is 40.6 Å². The summed E-state index contributed by atoms with van der Waals surface area (Å²) in [6.07, 6.45) is 4.31. The Balaban J connectivity index is 1.67. The number of aliphatic hydroxyl groups excluding tert-OH is 1. The molecule has 2 atom stereocenters. The van der Waals surface area contributed by atoms with Crippen molar-refractivity contribution in [2.75, 3.05) is 13.6 Å². The SMILES string of the molecule is CN(C[C@@H]1CCC[C@H]1O)C(=O)c1cnc(-c2cccs2)s1. The van der Waals surface area contributed by atoms with E-state index in [1.54, 1.807) is 29.5 Å². The second-order valence-electron chi connectivity index (χ2n) is 5.45. The van der Waals surface area contributed by atoms with Gasteiger partial charge in [-0.15, -0.1) is 22.7 Å². The van der Waals surface area contributed by atoms with Gasteiger partial charge in [-0.2, -0.15) is 0 Å². The topological polar surface area (TPSA) is 53.4 Å². The molecule has 1 amide bonds. The minimum atomic E-state index is -0.261. The zero-order valence-corrected chi connectivity index (χ0v) is 13.5. The Morgan fingerprint density at radius 1 is 1.52 bits per heavy atom. The molecule has 0 aliphatic heterocycles. The van der Waals surface area contributed by atoms with Crippen LogP contribution in [0.4, 0.5) is 0 Å². The van der Waals surface area contributed by atoms with E-state index in [0.717, 1.165) is 29.1 Å². The van der Waals surface area contributed by atoms with Crippen LogP contribution in [0.15, 0.2) is 23.7 Å². The molecule has 0 radical (unpaired) electrons. The second-order valence-corrected chi connectivity index (χ2v) is 7.43. The standard InChI is InChI=1S/C15H18N2O2S2/c1-17(9-10-4-2-5-11(10)18)15(19)13-8-16-14(21-13)12-6-3-7-20-12/h3,6-8,10-11,18H,2,4-5,9H2,1H3/t10-,11+/m0/s1. The summed E-state index contributed by atoms with van der Waals surface area (Å²) in [7, 11) is 1.80. The van der Waals surface area contributed by atoms with E-state index in [0.29, 0.717) is 11.4 Å². The quantitative estimate of drug-likeness (QED) is 0.941. The monoisotopic (exact) mass is 322 g/mol. The fourth-order valence-corrected chi connectivity index (χ4v) is 4.45. The lowest BCUT2D eigenvalue weighted by atomic mass is 10.1. The summed E-state index contributed by atoms with van der Waals surface area (Å²) < 4.78 is 0. The first-order valence-corrected chi connectivity index (χ1v) is 8.78. The molecule has 2 aromatic rings. The first-order chi connectivity index (χ1) is 10.1. The Labute approximate surface area is 132 Å². The maximum absolute atomic E-state index is 12.4. The van der Waals surface area contributed by atoms with E-state index in [1.165, 1.54) is 11.3 Å². The molecule has 4 nitrogen and oxygen atoms in total. The maximum atomic E-state index is 12.4. The van der Waals surface area contributed by atoms with E-state index in [1.807, 2.05) is 17.5 Å². The van der Waals surface area contributed by atoms with Crippen LogP contribution < -0.4 is 0 Å². The van der Waals surface area contributed by atoms with Crippen LogP contribution in [0.5, 0.6) is 0 Å². The number of nitrogens with zero attached hydrogens (tertiary/aromatic N) is 2. The predicted molar refractivity (Wildman–Crippen MR) is 85.7 cm³/mol. The molecule has 0 saturated heterocycles. The van der Waals surface area contributed by atoms with Gasteiger partial charge in [0.15, 0.2) is 0 Å². The lowest BCUT2D eigenvalue weighted by Crippen LogP contribution is -2.34. The summed E-state index contributed by atoms with van der Waals surface area (Å²) in [6.45, 7) is 0.617. The van der Waals surface area contributed by atoms with Crippen LogP contribution >= 0.6 is 22.7 Å². The van der Waals surface area contributed by atoms with Crippen LogP contribution in [0.2, 0.25) is 0 Å². The summed E-state index contributed by atoms with van der Waals surface area (Å²) in [5.74, 6) is 0.207. The Bertz CT molecular complexity index is 609. The third-order valence-corrected chi connectivity index (χ3v) is 5.95. The number of amides is 1. The van der Waals surface area contributed by atoms with Gasteiger partial charge in [-0.25, -0.2) is 4.98 Å². The zero-order valence-electron chi connectivity index (χ0n) is 11.9. The number of hydrogen-bond donors (Lipinski definition) is 1. The number of aromatic nitrogens is 1. The van der Waals surface area contributed by atoms with Crippen LogP contribution in [0.25, 0.3) is 9.88 Å². The highest BCUT2D eigenvalue weighted by atomic mass is 32.1. The Morgan fingerprint density at radius 2 is 2.38 bits per heavy atom. The maximum Gasteiger partial charge on any atom is 0.265 e. The van der Waals surface area contributed by atoms with Gasteiger partial charge in [-0.05, 0) is 24.3 Å². The third-order valence-electron chi connectivity index (χ3n) is 3.92. The molecule has 3 rings (SSSR count). The van der Waals surface area contributed by atoms with Crippen LogP contribution in [0.3, 0.4) is 0 Å². The highest BCUT2D eigenvalue weighted by Gasteiger charge is 2.28. The molecule has 1 fully saturated rings. The largest absolute Gasteiger partial charge is 0.393 e. The lowest BCUT2D eigenvalue weighted by molar-refractivity contribution is 0.0697. The molecule has 0 aromatic carbocycles. The van der Waals surface area contributed by atoms with Crippen molar-refractivity contribution in [3.05, 3.63) is 28.6 Å². The number of thiazole rings is 1. The molecule has 0 unspecified atom stereocenters. The van der Waals surface area contributed by atoms with E-state index in [-0.39, 0.29) is 17.9 Å². The molecule has 1 aliphatic rings. The van der Waals surface area contributed by atoms with E-state index >= 15 is 0 Å². The van der Waals surface area contributed by atoms with Crippen molar-refractivity contribution < 1.29 is 9.90 Å². The molecule has 1 saturated carbocycles. The van der Waals surface area contributed by atoms with Gasteiger partial charge in [-0.1, -0.05) is 12.5 Å². The van der Waals surface area contributed by atoms with Gasteiger partial charge in [-0.3, -0.25) is 4.79 Å². The smallest absolute Gasteiger partial charge is 0.265 e. The fraction of sp³-hybridized carbons (Fsp3) is 0.467. The number of thiophene rings is 1. The van der Waals surface area contributed by atoms with Gasteiger partial charge in [0.2, 0.25) is 0 Å². The molecule has 2 aromatic heterocycles. The number of carbonyl (C=O) groups is 1. The molecule has 1 aliphatic carbocycles. The highest BCUT2D eigenvalue weighted by molar-refractivity contribution is 7.21. The zero-order chi connectivity index (χ0) is 14.8. The van der Waals surface area contributed by atoms with Crippen molar-refractivity contribution in [3.8, 4) is 9.88 Å². The van der Waals surface area contributed by atoms with Gasteiger partial charge in [0.05, 0.1) is 17.2 Å². The summed E-state index contributed by atoms with van der Waals surface area (Å²) in [5.41, 5.74) is 0. The van der Waals surface area contributed by atoms with Crippen LogP contribution in [-0.2, 0) is 0 Å². The first-order valence-electron chi connectivity index (χ1n) is 7.08. The van der Waals surface area contributed by atoms with Crippen molar-refractivity contribution >= 4 is 28.6 Å². The summed E-state index contributed by atoms with van der Waals surface area (Å²) >= 11 is 3.06. The first kappa shape index (κ1) is 14.7. The van der Waals surface area contributed by atoms with Gasteiger partial charge < -0.3 is 10.0 Å². The fourth-order valence-electron chi connectivity index (χ4n) is 2.74. The minimum Gasteiger partial charge on any atom is -0.393 e. The normalized spacial score (nSPS) is 21.6. The van der Waals surface area contributed by atoms with Crippen molar-refractivity contribution in [1.82, 2.24) is 9.88 Å². The highest BCUT2D eigenvalue weighted by Crippen LogP contribution is 2.30. The minimum absolute atomic E-state index is 0.00518. The van der Waals surface area contributed by atoms with E-state index in [9.17, 15) is 9.90 Å². The number of aliphatic hydroxyl groups is 1. The molecule has 0 spiro atoms. The Kier molecular flexibility index (Phi) is 4.37. The lowest BCUT2D eigenvalue weighted by Gasteiger charge is -2.22. The van der Waals surface area contributed by atoms with E-state index in [4.69, 9.17) is 0 Å². The molecule has 6 heteroatoms. The number of carbonyl (C=O) groups excluding carboxylic acids is 1. The third kappa shape index (κ3) is 3.17. The van der Waals surface area contributed by atoms with Crippen LogP contribution in [0, 0.1) is 5.92 Å². The van der Waals surface area contributed by atoms with Gasteiger partial charge in [0.1, 0.15) is 9.88 Å². The molecule has 2 heterocycles. The number of hydrogen-bond acceptors (Lipinski definition) is 5. The second kappa shape index (κ2) is 6.25. The molecule has 112 valence electrons. The molecule has 0 bridgehead atoms. The van der Waals surface area contributed by atoms with Crippen molar-refractivity contribution in [2.24, 2.45) is 5.92 Å². The molecular weight excluding hydrogens is 304 g/mol. The van der Waals surface area contributed by atoms with Crippen LogP contribution in [0.1, 0.15) is 28.9 Å². The number of rotatable bonds is 4. The van der Waals surface area contributed by atoms with Gasteiger partial charge in [0.25, 0.3) is 5.91 Å². The Morgan fingerprint density at radius 3 is 3.05 bits per heavy atom. The molecule has 21 heavy (non-hydrogen) atoms. The Hall–Kier alpha value is -1.24. The van der Waals surface area contributed by atoms with E-state index in [2.05, 4.69) is 4.98 Å². The molecular formula is C15H18N2O2S2. The summed E-state index contributed by atoms with van der Waals surface area (Å²) in [4.78, 5) is 20.2. The summed E-state index contributed by atoms with van der Waals surface area (Å²) in [5, 5.41) is 12.8. The van der Waals surface area contributed by atoms with Gasteiger partial charge in [0, 0.05) is 19.5 Å². The average molecular weight is 322 g/mol. The summed E-state index contributed by atoms with van der Waals surface area (Å²) in [6, 6.07) is 3.99. The van der Waals surface area contributed by atoms with Crippen molar-refractivity contribution in [3.63, 3.8) is 0 Å². The van der Waals surface area contributed by atoms with Crippen molar-refractivity contribution in [2.45, 2.75) is 25.4 Å². The average Bonchev–Trinajstić information content (AvgIpc) is 3.18. The van der Waals surface area contributed by atoms with Gasteiger partial charge >= 0.3 is 0 Å². The van der Waals surface area contributed by atoms with E-state index < -0.39 is 0 Å². The van der Waals surface area contributed by atoms with Crippen molar-refractivity contribution in [1.29, 1.82) is 0 Å². The molecule has 1 N–H and O–H groups in total.